The van der Waals surface area contributed by atoms with Gasteiger partial charge in [-0.3, -0.25) is 0 Å². The summed E-state index contributed by atoms with van der Waals surface area (Å²) in [6, 6.07) is 2.56. The molecular formula is C12H13F4N. The highest BCUT2D eigenvalue weighted by molar-refractivity contribution is 5.30. The van der Waals surface area contributed by atoms with Crippen LogP contribution in [0.5, 0.6) is 0 Å². The monoisotopic (exact) mass is 247 g/mol. The summed E-state index contributed by atoms with van der Waals surface area (Å²) in [5, 5.41) is 2.84. The molecule has 0 radical (unpaired) electrons. The molecule has 1 atom stereocenters. The number of benzene rings is 1. The lowest BCUT2D eigenvalue weighted by Gasteiger charge is -2.15. The van der Waals surface area contributed by atoms with Crippen LogP contribution in [0.25, 0.3) is 0 Å². The molecule has 0 aliphatic carbocycles. The second-order valence-corrected chi connectivity index (χ2v) is 3.70. The van der Waals surface area contributed by atoms with Gasteiger partial charge in [0.1, 0.15) is 5.82 Å². The Morgan fingerprint density at radius 3 is 2.59 bits per heavy atom. The smallest absolute Gasteiger partial charge is 0.307 e. The third-order valence-electron chi connectivity index (χ3n) is 2.35. The summed E-state index contributed by atoms with van der Waals surface area (Å²) in [6.07, 6.45) is -2.96. The SMILES string of the molecule is C=CC(C)NCc1ccc(F)cc1C(F)(F)F. The van der Waals surface area contributed by atoms with Gasteiger partial charge in [-0.15, -0.1) is 6.58 Å². The standard InChI is InChI=1S/C12H13F4N/c1-3-8(2)17-7-9-4-5-10(13)6-11(9)12(14,15)16/h3-6,8,17H,1,7H2,2H3. The Morgan fingerprint density at radius 1 is 1.41 bits per heavy atom. The van der Waals surface area contributed by atoms with Crippen LogP contribution in [0.2, 0.25) is 0 Å². The Bertz CT molecular complexity index is 398. The van der Waals surface area contributed by atoms with Gasteiger partial charge in [-0.05, 0) is 24.6 Å². The molecule has 17 heavy (non-hydrogen) atoms. The average molecular weight is 247 g/mol. The first-order valence-corrected chi connectivity index (χ1v) is 5.06. The third kappa shape index (κ3) is 3.85. The zero-order valence-corrected chi connectivity index (χ0v) is 9.31. The molecule has 0 saturated carbocycles. The van der Waals surface area contributed by atoms with Crippen LogP contribution in [0.3, 0.4) is 0 Å². The minimum absolute atomic E-state index is 0.0162. The van der Waals surface area contributed by atoms with Crippen LogP contribution in [-0.4, -0.2) is 6.04 Å². The lowest BCUT2D eigenvalue weighted by atomic mass is 10.1. The van der Waals surface area contributed by atoms with Crippen molar-refractivity contribution < 1.29 is 17.6 Å². The van der Waals surface area contributed by atoms with Crippen molar-refractivity contribution in [2.24, 2.45) is 0 Å². The van der Waals surface area contributed by atoms with Crippen molar-refractivity contribution in [3.63, 3.8) is 0 Å². The molecule has 0 heterocycles. The highest BCUT2D eigenvalue weighted by atomic mass is 19.4. The largest absolute Gasteiger partial charge is 0.416 e. The first kappa shape index (κ1) is 13.7. The Kier molecular flexibility index (Phi) is 4.28. The van der Waals surface area contributed by atoms with Crippen LogP contribution in [0.15, 0.2) is 30.9 Å². The summed E-state index contributed by atoms with van der Waals surface area (Å²) in [7, 11) is 0. The Labute approximate surface area is 97.1 Å². The maximum atomic E-state index is 12.8. The highest BCUT2D eigenvalue weighted by Crippen LogP contribution is 2.32. The molecule has 1 aromatic carbocycles. The lowest BCUT2D eigenvalue weighted by molar-refractivity contribution is -0.138. The van der Waals surface area contributed by atoms with Gasteiger partial charge in [0, 0.05) is 12.6 Å². The van der Waals surface area contributed by atoms with E-state index >= 15 is 0 Å². The number of nitrogens with one attached hydrogen (secondary N) is 1. The fourth-order valence-electron chi connectivity index (χ4n) is 1.32. The van der Waals surface area contributed by atoms with Crippen LogP contribution >= 0.6 is 0 Å². The first-order valence-electron chi connectivity index (χ1n) is 5.06. The Morgan fingerprint density at radius 2 is 2.06 bits per heavy atom. The van der Waals surface area contributed by atoms with Crippen molar-refractivity contribution in [3.05, 3.63) is 47.8 Å². The third-order valence-corrected chi connectivity index (χ3v) is 2.35. The van der Waals surface area contributed by atoms with Gasteiger partial charge in [0.15, 0.2) is 0 Å². The minimum atomic E-state index is -4.55. The fourth-order valence-corrected chi connectivity index (χ4v) is 1.32. The molecule has 1 nitrogen and oxygen atoms in total. The summed E-state index contributed by atoms with van der Waals surface area (Å²) in [6.45, 7) is 5.30. The van der Waals surface area contributed by atoms with E-state index in [-0.39, 0.29) is 18.2 Å². The van der Waals surface area contributed by atoms with E-state index in [1.54, 1.807) is 13.0 Å². The second kappa shape index (κ2) is 5.31. The van der Waals surface area contributed by atoms with Gasteiger partial charge in [-0.1, -0.05) is 12.1 Å². The summed E-state index contributed by atoms with van der Waals surface area (Å²) >= 11 is 0. The predicted octanol–water partition coefficient (Wildman–Crippen LogP) is 3.51. The van der Waals surface area contributed by atoms with Gasteiger partial charge in [0.25, 0.3) is 0 Å². The maximum Gasteiger partial charge on any atom is 0.416 e. The van der Waals surface area contributed by atoms with Crippen LogP contribution in [0.4, 0.5) is 17.6 Å². The van der Waals surface area contributed by atoms with Crippen LogP contribution in [0, 0.1) is 5.82 Å². The van der Waals surface area contributed by atoms with Gasteiger partial charge in [-0.2, -0.15) is 13.2 Å². The number of halogens is 4. The van der Waals surface area contributed by atoms with Gasteiger partial charge in [-0.25, -0.2) is 4.39 Å². The van der Waals surface area contributed by atoms with E-state index in [1.807, 2.05) is 0 Å². The van der Waals surface area contributed by atoms with E-state index in [0.29, 0.717) is 6.07 Å². The highest BCUT2D eigenvalue weighted by Gasteiger charge is 2.33. The molecule has 94 valence electrons. The molecule has 0 aliphatic heterocycles. The topological polar surface area (TPSA) is 12.0 Å². The summed E-state index contributed by atoms with van der Waals surface area (Å²) in [5.41, 5.74) is -0.922. The second-order valence-electron chi connectivity index (χ2n) is 3.70. The molecule has 0 aromatic heterocycles. The van der Waals surface area contributed by atoms with Crippen molar-refractivity contribution in [1.29, 1.82) is 0 Å². The van der Waals surface area contributed by atoms with Crippen molar-refractivity contribution in [3.8, 4) is 0 Å². The molecule has 0 amide bonds. The van der Waals surface area contributed by atoms with Gasteiger partial charge in [0.05, 0.1) is 5.56 Å². The number of rotatable bonds is 4. The molecule has 1 rings (SSSR count). The molecule has 0 spiro atoms. The molecule has 0 saturated heterocycles. The molecule has 0 fully saturated rings. The Balaban J connectivity index is 2.95. The summed E-state index contributed by atoms with van der Waals surface area (Å²) in [4.78, 5) is 0. The van der Waals surface area contributed by atoms with Crippen molar-refractivity contribution in [2.75, 3.05) is 0 Å². The average Bonchev–Trinajstić information content (AvgIpc) is 2.25. The van der Waals surface area contributed by atoms with E-state index in [9.17, 15) is 17.6 Å². The fraction of sp³-hybridized carbons (Fsp3) is 0.333. The zero-order valence-electron chi connectivity index (χ0n) is 9.31. The van der Waals surface area contributed by atoms with E-state index in [0.717, 1.165) is 12.1 Å². The molecule has 0 bridgehead atoms. The van der Waals surface area contributed by atoms with E-state index in [4.69, 9.17) is 0 Å². The van der Waals surface area contributed by atoms with Gasteiger partial charge >= 0.3 is 6.18 Å². The lowest BCUT2D eigenvalue weighted by Crippen LogP contribution is -2.24. The van der Waals surface area contributed by atoms with Crippen LogP contribution in [-0.2, 0) is 12.7 Å². The normalized spacial score (nSPS) is 13.5. The van der Waals surface area contributed by atoms with Crippen LogP contribution < -0.4 is 5.32 Å². The molecule has 0 aliphatic rings. The molecule has 1 aromatic rings. The minimum Gasteiger partial charge on any atom is -0.307 e. The van der Waals surface area contributed by atoms with E-state index in [2.05, 4.69) is 11.9 Å². The van der Waals surface area contributed by atoms with E-state index in [1.165, 1.54) is 0 Å². The maximum absolute atomic E-state index is 12.8. The zero-order chi connectivity index (χ0) is 13.1. The van der Waals surface area contributed by atoms with Crippen molar-refractivity contribution >= 4 is 0 Å². The molecule has 5 heteroatoms. The van der Waals surface area contributed by atoms with Gasteiger partial charge < -0.3 is 5.32 Å². The number of hydrogen-bond acceptors (Lipinski definition) is 1. The summed E-state index contributed by atoms with van der Waals surface area (Å²) < 4.78 is 50.7. The first-order chi connectivity index (χ1) is 7.84. The Hall–Kier alpha value is -1.36. The predicted molar refractivity (Wildman–Crippen MR) is 57.9 cm³/mol. The number of alkyl halides is 3. The van der Waals surface area contributed by atoms with Crippen LogP contribution in [0.1, 0.15) is 18.1 Å². The number of hydrogen-bond donors (Lipinski definition) is 1. The molecular weight excluding hydrogens is 234 g/mol. The van der Waals surface area contributed by atoms with Crippen molar-refractivity contribution in [1.82, 2.24) is 5.32 Å². The van der Waals surface area contributed by atoms with E-state index < -0.39 is 17.6 Å². The summed E-state index contributed by atoms with van der Waals surface area (Å²) in [5.74, 6) is -0.891. The molecule has 1 unspecified atom stereocenters. The van der Waals surface area contributed by atoms with Gasteiger partial charge in [0.2, 0.25) is 0 Å². The van der Waals surface area contributed by atoms with Crippen molar-refractivity contribution in [2.45, 2.75) is 25.7 Å². The quantitative estimate of drug-likeness (QED) is 0.634. The molecule has 1 N–H and O–H groups in total.